The van der Waals surface area contributed by atoms with Gasteiger partial charge in [-0.05, 0) is 25.8 Å². The number of aromatic nitrogens is 3. The fourth-order valence-electron chi connectivity index (χ4n) is 5.29. The molecule has 1 aliphatic heterocycles. The quantitative estimate of drug-likeness (QED) is 0.457. The molecule has 3 aromatic rings. The van der Waals surface area contributed by atoms with Gasteiger partial charge in [0.2, 0.25) is 0 Å². The Kier molecular flexibility index (Phi) is 7.50. The normalized spacial score (nSPS) is 19.7. The van der Waals surface area contributed by atoms with Crippen LogP contribution in [0, 0.1) is 11.3 Å². The summed E-state index contributed by atoms with van der Waals surface area (Å²) < 4.78 is 46.6. The van der Waals surface area contributed by atoms with Crippen molar-refractivity contribution < 1.29 is 17.9 Å². The second kappa shape index (κ2) is 10.5. The molecule has 0 spiro atoms. The predicted octanol–water partition coefficient (Wildman–Crippen LogP) is 4.60. The van der Waals surface area contributed by atoms with E-state index in [1.165, 1.54) is 21.4 Å². The zero-order valence-electron chi connectivity index (χ0n) is 21.4. The maximum absolute atomic E-state index is 13.1. The number of hydrogen-bond acceptors (Lipinski definition) is 6. The van der Waals surface area contributed by atoms with Gasteiger partial charge in [-0.2, -0.15) is 10.4 Å². The van der Waals surface area contributed by atoms with Gasteiger partial charge < -0.3 is 14.2 Å². The van der Waals surface area contributed by atoms with E-state index in [2.05, 4.69) is 32.6 Å². The zero-order valence-corrected chi connectivity index (χ0v) is 21.4. The number of ether oxygens (including phenoxy) is 1. The molecule has 2 aromatic heterocycles. The van der Waals surface area contributed by atoms with Gasteiger partial charge >= 0.3 is 6.36 Å². The summed E-state index contributed by atoms with van der Waals surface area (Å²) in [6.45, 7) is 7.25. The number of pyridine rings is 1. The maximum Gasteiger partial charge on any atom is 0.573 e. The molecule has 8 nitrogen and oxygen atoms in total. The average molecular weight is 517 g/mol. The molecule has 198 valence electrons. The number of nitriles is 1. The highest BCUT2D eigenvalue weighted by Gasteiger charge is 2.38. The van der Waals surface area contributed by atoms with E-state index >= 15 is 0 Å². The fraction of sp³-hybridized carbons (Fsp3) is 0.500. The third-order valence-electron chi connectivity index (χ3n) is 7.25. The summed E-state index contributed by atoms with van der Waals surface area (Å²) in [5.41, 5.74) is 2.32. The molecular weight excluding hydrogens is 485 g/mol. The van der Waals surface area contributed by atoms with Crippen LogP contribution >= 0.6 is 0 Å². The summed E-state index contributed by atoms with van der Waals surface area (Å²) in [5, 5.41) is 13.7. The summed E-state index contributed by atoms with van der Waals surface area (Å²) in [5.74, 6) is -0.191. The number of rotatable bonds is 7. The summed E-state index contributed by atoms with van der Waals surface area (Å²) in [6, 6.07) is 9.64. The van der Waals surface area contributed by atoms with E-state index in [-0.39, 0.29) is 36.0 Å². The minimum atomic E-state index is -4.77. The zero-order chi connectivity index (χ0) is 26.9. The number of piperazine rings is 1. The van der Waals surface area contributed by atoms with Gasteiger partial charge in [0.05, 0.1) is 23.5 Å². The monoisotopic (exact) mass is 516 g/mol. The van der Waals surface area contributed by atoms with Crippen molar-refractivity contribution in [3.8, 4) is 11.8 Å². The lowest BCUT2D eigenvalue weighted by Gasteiger charge is -2.49. The summed E-state index contributed by atoms with van der Waals surface area (Å²) in [6.07, 6.45) is -1.55. The first-order valence-electron chi connectivity index (χ1n) is 12.4. The molecule has 0 saturated carbocycles. The lowest BCUT2D eigenvalue weighted by molar-refractivity contribution is -0.275. The Hall–Kier alpha value is -3.52. The molecule has 11 heteroatoms. The summed E-state index contributed by atoms with van der Waals surface area (Å²) in [7, 11) is 1.68. The molecule has 0 N–H and O–H groups in total. The lowest BCUT2D eigenvalue weighted by atomic mass is 9.96. The summed E-state index contributed by atoms with van der Waals surface area (Å²) >= 11 is 0. The minimum Gasteiger partial charge on any atom is -0.405 e. The Morgan fingerprint density at radius 1 is 1.19 bits per heavy atom. The average Bonchev–Trinajstić information content (AvgIpc) is 3.29. The van der Waals surface area contributed by atoms with Crippen molar-refractivity contribution in [2.45, 2.75) is 64.6 Å². The Bertz CT molecular complexity index is 1360. The van der Waals surface area contributed by atoms with Gasteiger partial charge in [0.15, 0.2) is 0 Å². The summed E-state index contributed by atoms with van der Waals surface area (Å²) in [4.78, 5) is 17.3. The standard InChI is InChI=1S/C26H31F3N6O2/c1-5-18-15-35(21-13-24(36)32(4)22-16-33(12-11-30)31-25(21)22)19(6-2)14-34(18)17(3)20-9-7-8-10-23(20)37-26(27,28)29/h7-10,13,16-19H,5-6,12,14-15H2,1-4H3/t17?,18-,19+/m1/s1. The third-order valence-corrected chi connectivity index (χ3v) is 7.25. The number of aryl methyl sites for hydroxylation is 1. The Morgan fingerprint density at radius 3 is 2.54 bits per heavy atom. The first-order chi connectivity index (χ1) is 17.6. The molecule has 0 radical (unpaired) electrons. The van der Waals surface area contributed by atoms with E-state index in [0.717, 1.165) is 12.8 Å². The molecule has 1 aromatic carbocycles. The number of alkyl halides is 3. The van der Waals surface area contributed by atoms with Crippen LogP contribution in [0.4, 0.5) is 18.9 Å². The third kappa shape index (κ3) is 5.30. The Morgan fingerprint density at radius 2 is 1.89 bits per heavy atom. The highest BCUT2D eigenvalue weighted by Crippen LogP contribution is 2.38. The van der Waals surface area contributed by atoms with Crippen LogP contribution in [-0.2, 0) is 13.6 Å². The highest BCUT2D eigenvalue weighted by molar-refractivity contribution is 5.88. The second-order valence-electron chi connectivity index (χ2n) is 9.38. The molecule has 1 saturated heterocycles. The van der Waals surface area contributed by atoms with Crippen molar-refractivity contribution in [1.82, 2.24) is 19.2 Å². The number of benzene rings is 1. The molecule has 1 unspecified atom stereocenters. The highest BCUT2D eigenvalue weighted by atomic mass is 19.4. The number of nitrogens with zero attached hydrogens (tertiary/aromatic N) is 6. The van der Waals surface area contributed by atoms with E-state index in [1.54, 1.807) is 31.4 Å². The van der Waals surface area contributed by atoms with Gasteiger partial charge in [-0.25, -0.2) is 0 Å². The molecule has 37 heavy (non-hydrogen) atoms. The molecule has 3 heterocycles. The van der Waals surface area contributed by atoms with E-state index in [4.69, 9.17) is 5.26 Å². The lowest BCUT2D eigenvalue weighted by Crippen LogP contribution is -2.58. The number of anilines is 1. The molecule has 3 atom stereocenters. The van der Waals surface area contributed by atoms with E-state index in [0.29, 0.717) is 35.4 Å². The van der Waals surface area contributed by atoms with Crippen molar-refractivity contribution in [3.05, 3.63) is 52.4 Å². The SMILES string of the molecule is CC[C@H]1CN(C(C)c2ccccc2OC(F)(F)F)[C@H](CC)CN1c1cc(=O)n(C)c2cn(CC#N)nc12. The molecule has 1 aliphatic rings. The molecule has 0 aliphatic carbocycles. The van der Waals surface area contributed by atoms with Gasteiger partial charge in [-0.3, -0.25) is 14.4 Å². The number of halogens is 3. The van der Waals surface area contributed by atoms with Crippen LogP contribution in [0.1, 0.15) is 45.2 Å². The van der Waals surface area contributed by atoms with E-state index in [9.17, 15) is 18.0 Å². The smallest absolute Gasteiger partial charge is 0.405 e. The Labute approximate surface area is 213 Å². The molecule has 0 amide bonds. The van der Waals surface area contributed by atoms with Gasteiger partial charge in [0.25, 0.3) is 5.56 Å². The first kappa shape index (κ1) is 26.5. The van der Waals surface area contributed by atoms with Crippen molar-refractivity contribution in [3.63, 3.8) is 0 Å². The number of fused-ring (bicyclic) bond motifs is 1. The molecule has 4 rings (SSSR count). The first-order valence-corrected chi connectivity index (χ1v) is 12.4. The van der Waals surface area contributed by atoms with Crippen LogP contribution in [0.3, 0.4) is 0 Å². The van der Waals surface area contributed by atoms with Crippen molar-refractivity contribution >= 4 is 16.7 Å². The molecular formula is C26H31F3N6O2. The van der Waals surface area contributed by atoms with Gasteiger partial charge in [0.1, 0.15) is 17.8 Å². The van der Waals surface area contributed by atoms with Crippen molar-refractivity contribution in [2.24, 2.45) is 7.05 Å². The molecule has 1 fully saturated rings. The maximum atomic E-state index is 13.1. The van der Waals surface area contributed by atoms with Crippen LogP contribution in [0.5, 0.6) is 5.75 Å². The second-order valence-corrected chi connectivity index (χ2v) is 9.38. The van der Waals surface area contributed by atoms with Gasteiger partial charge in [-0.15, -0.1) is 13.2 Å². The van der Waals surface area contributed by atoms with Crippen molar-refractivity contribution in [2.75, 3.05) is 18.0 Å². The fourth-order valence-corrected chi connectivity index (χ4v) is 5.29. The van der Waals surface area contributed by atoms with Crippen LogP contribution in [-0.4, -0.2) is 50.8 Å². The van der Waals surface area contributed by atoms with Crippen LogP contribution in [0.2, 0.25) is 0 Å². The van der Waals surface area contributed by atoms with E-state index < -0.39 is 6.36 Å². The van der Waals surface area contributed by atoms with Crippen LogP contribution in [0.25, 0.3) is 11.0 Å². The Balaban J connectivity index is 1.71. The number of hydrogen-bond donors (Lipinski definition) is 0. The largest absolute Gasteiger partial charge is 0.573 e. The number of para-hydroxylation sites is 1. The van der Waals surface area contributed by atoms with Gasteiger partial charge in [-0.1, -0.05) is 32.0 Å². The van der Waals surface area contributed by atoms with Crippen LogP contribution < -0.4 is 15.2 Å². The van der Waals surface area contributed by atoms with Crippen LogP contribution in [0.15, 0.2) is 41.3 Å². The molecule has 0 bridgehead atoms. The minimum absolute atomic E-state index is 0.00244. The van der Waals surface area contributed by atoms with E-state index in [1.807, 2.05) is 13.8 Å². The van der Waals surface area contributed by atoms with Gasteiger partial charge in [0, 0.05) is 49.9 Å². The topological polar surface area (TPSA) is 79.3 Å². The predicted molar refractivity (Wildman–Crippen MR) is 134 cm³/mol. The van der Waals surface area contributed by atoms with Crippen molar-refractivity contribution in [1.29, 1.82) is 5.26 Å².